The van der Waals surface area contributed by atoms with E-state index in [0.717, 1.165) is 16.8 Å². The second-order valence-electron chi connectivity index (χ2n) is 9.17. The van der Waals surface area contributed by atoms with Gasteiger partial charge in [0.05, 0.1) is 26.5 Å². The number of fused-ring (bicyclic) bond motifs is 3. The van der Waals surface area contributed by atoms with Gasteiger partial charge in [0.1, 0.15) is 11.5 Å². The van der Waals surface area contributed by atoms with E-state index in [4.69, 9.17) is 14.5 Å². The fourth-order valence-corrected chi connectivity index (χ4v) is 4.73. The first-order valence-electron chi connectivity index (χ1n) is 11.6. The average molecular weight is 476 g/mol. The molecule has 0 spiro atoms. The third-order valence-corrected chi connectivity index (χ3v) is 6.58. The van der Waals surface area contributed by atoms with Crippen LogP contribution in [-0.2, 0) is 20.1 Å². The Balaban J connectivity index is 1.70. The van der Waals surface area contributed by atoms with Crippen LogP contribution in [0.4, 0.5) is 11.6 Å². The van der Waals surface area contributed by atoms with Gasteiger partial charge in [0, 0.05) is 26.2 Å². The zero-order valence-corrected chi connectivity index (χ0v) is 20.6. The van der Waals surface area contributed by atoms with E-state index in [1.807, 2.05) is 58.9 Å². The molecule has 9 heteroatoms. The second-order valence-corrected chi connectivity index (χ2v) is 9.17. The Bertz CT molecular complexity index is 1530. The lowest BCUT2D eigenvalue weighted by atomic mass is 10.1. The predicted molar refractivity (Wildman–Crippen MR) is 135 cm³/mol. The Kier molecular flexibility index (Phi) is 5.62. The van der Waals surface area contributed by atoms with Gasteiger partial charge in [-0.25, -0.2) is 4.79 Å². The molecule has 3 heterocycles. The van der Waals surface area contributed by atoms with Gasteiger partial charge < -0.3 is 18.9 Å². The van der Waals surface area contributed by atoms with E-state index in [1.54, 1.807) is 21.3 Å². The summed E-state index contributed by atoms with van der Waals surface area (Å²) < 4.78 is 15.7. The summed E-state index contributed by atoms with van der Waals surface area (Å²) in [7, 11) is 4.89. The Morgan fingerprint density at radius 3 is 2.46 bits per heavy atom. The first kappa shape index (κ1) is 22.8. The molecular weight excluding hydrogens is 446 g/mol. The van der Waals surface area contributed by atoms with Crippen LogP contribution in [-0.4, -0.2) is 39.4 Å². The van der Waals surface area contributed by atoms with E-state index >= 15 is 0 Å². The molecule has 4 aromatic rings. The number of aryl methyl sites for hydroxylation is 2. The van der Waals surface area contributed by atoms with Crippen molar-refractivity contribution >= 4 is 22.8 Å². The van der Waals surface area contributed by atoms with E-state index in [9.17, 15) is 9.59 Å². The molecule has 5 rings (SSSR count). The van der Waals surface area contributed by atoms with Gasteiger partial charge in [-0.05, 0) is 30.5 Å². The van der Waals surface area contributed by atoms with Crippen LogP contribution < -0.4 is 25.6 Å². The van der Waals surface area contributed by atoms with Gasteiger partial charge in [0.15, 0.2) is 11.2 Å². The Morgan fingerprint density at radius 1 is 1.03 bits per heavy atom. The highest BCUT2D eigenvalue weighted by Crippen LogP contribution is 2.39. The monoisotopic (exact) mass is 475 g/mol. The summed E-state index contributed by atoms with van der Waals surface area (Å²) in [5.41, 5.74) is 2.92. The van der Waals surface area contributed by atoms with Crippen molar-refractivity contribution in [3.63, 3.8) is 0 Å². The molecule has 0 saturated heterocycles. The summed E-state index contributed by atoms with van der Waals surface area (Å²) >= 11 is 0. The fraction of sp³-hybridized carbons (Fsp3) is 0.346. The first-order chi connectivity index (χ1) is 16.8. The minimum absolute atomic E-state index is 0.202. The van der Waals surface area contributed by atoms with E-state index in [1.165, 1.54) is 9.13 Å². The Labute approximate surface area is 202 Å². The van der Waals surface area contributed by atoms with Crippen LogP contribution in [0.5, 0.6) is 11.5 Å². The molecule has 0 amide bonds. The van der Waals surface area contributed by atoms with Crippen molar-refractivity contribution in [2.75, 3.05) is 25.7 Å². The van der Waals surface area contributed by atoms with E-state index in [2.05, 4.69) is 6.92 Å². The standard InChI is InChI=1S/C26H29N5O4/c1-16-6-8-18(9-7-16)15-31-24(32)22-23(28(3)26(31)33)27-25-29(13-17(2)14-30(22)25)20-11-10-19(34-4)12-21(20)35-5/h6-12,17H,13-15H2,1-5H3/t17-/m0/s1. The van der Waals surface area contributed by atoms with E-state index < -0.39 is 0 Å². The molecule has 0 unspecified atom stereocenters. The molecule has 0 N–H and O–H groups in total. The Hall–Kier alpha value is -4.01. The van der Waals surface area contributed by atoms with Crippen molar-refractivity contribution in [3.05, 3.63) is 74.4 Å². The molecule has 0 fully saturated rings. The van der Waals surface area contributed by atoms with Gasteiger partial charge in [0.25, 0.3) is 5.56 Å². The quantitative estimate of drug-likeness (QED) is 0.441. The lowest BCUT2D eigenvalue weighted by Gasteiger charge is -2.33. The minimum atomic E-state index is -0.389. The number of anilines is 2. The first-order valence-corrected chi connectivity index (χ1v) is 11.6. The number of benzene rings is 2. The summed E-state index contributed by atoms with van der Waals surface area (Å²) in [6.07, 6.45) is 0. The summed E-state index contributed by atoms with van der Waals surface area (Å²) in [6, 6.07) is 13.5. The minimum Gasteiger partial charge on any atom is -0.497 e. The number of ether oxygens (including phenoxy) is 2. The molecule has 0 aliphatic carbocycles. The lowest BCUT2D eigenvalue weighted by molar-refractivity contribution is 0.392. The van der Waals surface area contributed by atoms with Crippen molar-refractivity contribution < 1.29 is 9.47 Å². The van der Waals surface area contributed by atoms with Gasteiger partial charge in [-0.3, -0.25) is 13.9 Å². The van der Waals surface area contributed by atoms with Gasteiger partial charge in [0.2, 0.25) is 5.95 Å². The molecule has 35 heavy (non-hydrogen) atoms. The van der Waals surface area contributed by atoms with Crippen LogP contribution in [0, 0.1) is 12.8 Å². The summed E-state index contributed by atoms with van der Waals surface area (Å²) in [5.74, 6) is 2.17. The largest absolute Gasteiger partial charge is 0.497 e. The number of hydrogen-bond acceptors (Lipinski definition) is 6. The molecule has 0 radical (unpaired) electrons. The van der Waals surface area contributed by atoms with Crippen LogP contribution in [0.25, 0.3) is 11.2 Å². The van der Waals surface area contributed by atoms with E-state index in [-0.39, 0.29) is 23.7 Å². The molecular formula is C26H29N5O4. The molecule has 0 bridgehead atoms. The number of rotatable bonds is 5. The zero-order valence-electron chi connectivity index (χ0n) is 20.6. The van der Waals surface area contributed by atoms with Crippen molar-refractivity contribution in [2.24, 2.45) is 13.0 Å². The smallest absolute Gasteiger partial charge is 0.332 e. The third-order valence-electron chi connectivity index (χ3n) is 6.58. The molecule has 2 aromatic carbocycles. The summed E-state index contributed by atoms with van der Waals surface area (Å²) in [5, 5.41) is 0. The predicted octanol–water partition coefficient (Wildman–Crippen LogP) is 3.06. The molecule has 2 aromatic heterocycles. The van der Waals surface area contributed by atoms with E-state index in [0.29, 0.717) is 41.7 Å². The molecule has 1 aliphatic heterocycles. The van der Waals surface area contributed by atoms with Gasteiger partial charge >= 0.3 is 5.69 Å². The number of methoxy groups -OCH3 is 2. The number of aromatic nitrogens is 4. The summed E-state index contributed by atoms with van der Waals surface area (Å²) in [6.45, 7) is 5.65. The van der Waals surface area contributed by atoms with Crippen LogP contribution >= 0.6 is 0 Å². The number of nitrogens with zero attached hydrogens (tertiary/aromatic N) is 5. The van der Waals surface area contributed by atoms with Crippen molar-refractivity contribution in [2.45, 2.75) is 26.9 Å². The highest BCUT2D eigenvalue weighted by atomic mass is 16.5. The zero-order chi connectivity index (χ0) is 24.9. The molecule has 182 valence electrons. The fourth-order valence-electron chi connectivity index (χ4n) is 4.73. The maximum atomic E-state index is 13.7. The topological polar surface area (TPSA) is 83.5 Å². The third kappa shape index (κ3) is 3.77. The van der Waals surface area contributed by atoms with Crippen LogP contribution in [0.1, 0.15) is 18.1 Å². The van der Waals surface area contributed by atoms with Crippen LogP contribution in [0.15, 0.2) is 52.1 Å². The maximum absolute atomic E-state index is 13.7. The highest BCUT2D eigenvalue weighted by molar-refractivity contribution is 5.78. The number of imidazole rings is 1. The van der Waals surface area contributed by atoms with Crippen molar-refractivity contribution in [1.29, 1.82) is 0 Å². The van der Waals surface area contributed by atoms with Crippen LogP contribution in [0.2, 0.25) is 0 Å². The lowest BCUT2D eigenvalue weighted by Crippen LogP contribution is -2.40. The van der Waals surface area contributed by atoms with Crippen molar-refractivity contribution in [1.82, 2.24) is 18.7 Å². The average Bonchev–Trinajstić information content (AvgIpc) is 3.25. The summed E-state index contributed by atoms with van der Waals surface area (Å²) in [4.78, 5) is 33.7. The second kappa shape index (κ2) is 8.65. The number of hydrogen-bond donors (Lipinski definition) is 0. The van der Waals surface area contributed by atoms with Gasteiger partial charge in [-0.1, -0.05) is 36.8 Å². The molecule has 1 aliphatic rings. The normalized spacial score (nSPS) is 15.3. The van der Waals surface area contributed by atoms with Crippen LogP contribution in [0.3, 0.4) is 0 Å². The van der Waals surface area contributed by atoms with Gasteiger partial charge in [-0.2, -0.15) is 4.98 Å². The highest BCUT2D eigenvalue weighted by Gasteiger charge is 2.31. The molecule has 0 saturated carbocycles. The van der Waals surface area contributed by atoms with Gasteiger partial charge in [-0.15, -0.1) is 0 Å². The maximum Gasteiger partial charge on any atom is 0.332 e. The SMILES string of the molecule is COc1ccc(N2C[C@H](C)Cn3c2nc2c3c(=O)n(Cc3ccc(C)cc3)c(=O)n2C)c(OC)c1. The molecule has 9 nitrogen and oxygen atoms in total. The Morgan fingerprint density at radius 2 is 1.77 bits per heavy atom. The molecule has 1 atom stereocenters. The van der Waals surface area contributed by atoms with Crippen molar-refractivity contribution in [3.8, 4) is 11.5 Å².